The van der Waals surface area contributed by atoms with E-state index in [9.17, 15) is 9.18 Å². The molecule has 0 saturated heterocycles. The number of nitrogens with one attached hydrogen (secondary N) is 1. The van der Waals surface area contributed by atoms with Gasteiger partial charge in [0, 0.05) is 23.7 Å². The first-order valence-corrected chi connectivity index (χ1v) is 6.38. The summed E-state index contributed by atoms with van der Waals surface area (Å²) >= 11 is 0. The van der Waals surface area contributed by atoms with Crippen LogP contribution in [-0.4, -0.2) is 11.9 Å². The molecule has 5 heteroatoms. The number of hydrogen-bond donors (Lipinski definition) is 2. The zero-order valence-electron chi connectivity index (χ0n) is 11.0. The number of hydrogen-bond acceptors (Lipinski definition) is 2. The lowest BCUT2D eigenvalue weighted by atomic mass is 10.00. The molecule has 0 radical (unpaired) electrons. The van der Waals surface area contributed by atoms with Crippen LogP contribution in [0.3, 0.4) is 0 Å². The number of amides is 1. The van der Waals surface area contributed by atoms with E-state index in [4.69, 9.17) is 5.73 Å². The summed E-state index contributed by atoms with van der Waals surface area (Å²) in [7, 11) is 0. The molecule has 1 aliphatic rings. The van der Waals surface area contributed by atoms with E-state index in [0.717, 1.165) is 19.3 Å². The van der Waals surface area contributed by atoms with E-state index < -0.39 is 0 Å². The molecule has 0 unspecified atom stereocenters. The highest BCUT2D eigenvalue weighted by atomic mass is 35.5. The minimum absolute atomic E-state index is 0. The molecule has 1 aliphatic carbocycles. The first-order chi connectivity index (χ1) is 8.58. The zero-order valence-corrected chi connectivity index (χ0v) is 11.8. The Morgan fingerprint density at radius 3 is 2.84 bits per heavy atom. The van der Waals surface area contributed by atoms with Gasteiger partial charge < -0.3 is 11.1 Å². The smallest absolute Gasteiger partial charge is 0.224 e. The lowest BCUT2D eigenvalue weighted by molar-refractivity contribution is -0.117. The molecule has 1 aromatic carbocycles. The Hall–Kier alpha value is -1.13. The van der Waals surface area contributed by atoms with Crippen molar-refractivity contribution in [1.82, 2.24) is 0 Å². The van der Waals surface area contributed by atoms with Gasteiger partial charge in [0.2, 0.25) is 5.91 Å². The number of carbonyl (C=O) groups is 1. The molecule has 1 fully saturated rings. The van der Waals surface area contributed by atoms with Gasteiger partial charge in [-0.2, -0.15) is 0 Å². The van der Waals surface area contributed by atoms with Crippen LogP contribution in [0, 0.1) is 18.7 Å². The van der Waals surface area contributed by atoms with Crippen molar-refractivity contribution in [2.75, 3.05) is 5.32 Å². The summed E-state index contributed by atoms with van der Waals surface area (Å²) in [4.78, 5) is 11.9. The van der Waals surface area contributed by atoms with Gasteiger partial charge in [-0.1, -0.05) is 12.5 Å². The van der Waals surface area contributed by atoms with Gasteiger partial charge in [-0.05, 0) is 37.8 Å². The molecule has 3 N–H and O–H groups in total. The van der Waals surface area contributed by atoms with Crippen LogP contribution in [-0.2, 0) is 4.79 Å². The summed E-state index contributed by atoms with van der Waals surface area (Å²) in [6, 6.07) is 4.83. The van der Waals surface area contributed by atoms with Crippen molar-refractivity contribution in [3.05, 3.63) is 29.6 Å². The van der Waals surface area contributed by atoms with Crippen molar-refractivity contribution in [3.63, 3.8) is 0 Å². The zero-order chi connectivity index (χ0) is 13.1. The number of benzene rings is 1. The second-order valence-electron chi connectivity index (χ2n) is 5.02. The molecule has 3 nitrogen and oxygen atoms in total. The van der Waals surface area contributed by atoms with E-state index in [2.05, 4.69) is 5.32 Å². The van der Waals surface area contributed by atoms with Gasteiger partial charge in [0.05, 0.1) is 0 Å². The maximum absolute atomic E-state index is 13.3. The van der Waals surface area contributed by atoms with Crippen LogP contribution in [0.5, 0.6) is 0 Å². The van der Waals surface area contributed by atoms with E-state index in [1.54, 1.807) is 19.1 Å². The highest BCUT2D eigenvalue weighted by molar-refractivity contribution is 5.91. The maximum atomic E-state index is 13.3. The molecule has 0 spiro atoms. The van der Waals surface area contributed by atoms with Gasteiger partial charge >= 0.3 is 0 Å². The van der Waals surface area contributed by atoms with Crippen molar-refractivity contribution in [2.45, 2.75) is 38.6 Å². The Morgan fingerprint density at radius 1 is 1.47 bits per heavy atom. The Balaban J connectivity index is 0.00000180. The summed E-state index contributed by atoms with van der Waals surface area (Å²) in [6.45, 7) is 1.66. The summed E-state index contributed by atoms with van der Waals surface area (Å²) in [5.74, 6) is -0.115. The van der Waals surface area contributed by atoms with Crippen LogP contribution in [0.1, 0.15) is 31.2 Å². The summed E-state index contributed by atoms with van der Waals surface area (Å²) in [5.41, 5.74) is 6.96. The molecule has 2 atom stereocenters. The van der Waals surface area contributed by atoms with Crippen LogP contribution in [0.4, 0.5) is 10.1 Å². The van der Waals surface area contributed by atoms with Crippen LogP contribution >= 0.6 is 12.4 Å². The van der Waals surface area contributed by atoms with Gasteiger partial charge in [-0.25, -0.2) is 4.39 Å². The molecule has 1 amide bonds. The molecule has 19 heavy (non-hydrogen) atoms. The fourth-order valence-corrected chi connectivity index (χ4v) is 2.50. The first-order valence-electron chi connectivity index (χ1n) is 6.38. The van der Waals surface area contributed by atoms with Crippen molar-refractivity contribution in [2.24, 2.45) is 11.7 Å². The molecular formula is C14H20ClFN2O. The van der Waals surface area contributed by atoms with Crippen LogP contribution in [0.2, 0.25) is 0 Å². The number of rotatable bonds is 3. The molecule has 2 rings (SSSR count). The number of carbonyl (C=O) groups excluding carboxylic acids is 1. The summed E-state index contributed by atoms with van der Waals surface area (Å²) < 4.78 is 13.3. The average Bonchev–Trinajstić information content (AvgIpc) is 2.71. The Bertz CT molecular complexity index is 453. The largest absolute Gasteiger partial charge is 0.327 e. The van der Waals surface area contributed by atoms with Crippen molar-refractivity contribution >= 4 is 24.0 Å². The van der Waals surface area contributed by atoms with Crippen molar-refractivity contribution in [3.8, 4) is 0 Å². The Kier molecular flexibility index (Phi) is 5.76. The van der Waals surface area contributed by atoms with Crippen LogP contribution in [0.15, 0.2) is 18.2 Å². The van der Waals surface area contributed by atoms with Gasteiger partial charge in [-0.15, -0.1) is 12.4 Å². The Labute approximate surface area is 119 Å². The standard InChI is InChI=1S/C14H19FN2O.ClH/c1-9-11(15)5-3-7-13(9)17-14(18)8-10-4-2-6-12(10)16;/h3,5,7,10,12H,2,4,6,8,16H2,1H3,(H,17,18);1H/t10-,12+;/m0./s1. The second-order valence-corrected chi connectivity index (χ2v) is 5.02. The minimum Gasteiger partial charge on any atom is -0.327 e. The van der Waals surface area contributed by atoms with Crippen molar-refractivity contribution < 1.29 is 9.18 Å². The van der Waals surface area contributed by atoms with Gasteiger partial charge in [-0.3, -0.25) is 4.79 Å². The topological polar surface area (TPSA) is 55.1 Å². The first kappa shape index (κ1) is 15.9. The quantitative estimate of drug-likeness (QED) is 0.897. The minimum atomic E-state index is -0.301. The van der Waals surface area contributed by atoms with Gasteiger partial charge in [0.25, 0.3) is 0 Å². The van der Waals surface area contributed by atoms with Gasteiger partial charge in [0.15, 0.2) is 0 Å². The highest BCUT2D eigenvalue weighted by Gasteiger charge is 2.26. The fraction of sp³-hybridized carbons (Fsp3) is 0.500. The SMILES string of the molecule is Cc1c(F)cccc1NC(=O)C[C@@H]1CCC[C@H]1N.Cl. The lowest BCUT2D eigenvalue weighted by Crippen LogP contribution is -2.28. The van der Waals surface area contributed by atoms with Gasteiger partial charge in [0.1, 0.15) is 5.82 Å². The molecule has 1 aromatic rings. The lowest BCUT2D eigenvalue weighted by Gasteiger charge is -2.15. The molecule has 1 saturated carbocycles. The number of halogens is 2. The number of nitrogens with two attached hydrogens (primary N) is 1. The third-order valence-corrected chi connectivity index (χ3v) is 3.71. The molecule has 0 aliphatic heterocycles. The number of anilines is 1. The second kappa shape index (κ2) is 6.87. The average molecular weight is 287 g/mol. The normalized spacial score (nSPS) is 21.8. The van der Waals surface area contributed by atoms with Crippen molar-refractivity contribution in [1.29, 1.82) is 0 Å². The summed E-state index contributed by atoms with van der Waals surface area (Å²) in [5, 5.41) is 2.76. The van der Waals surface area contributed by atoms with E-state index in [0.29, 0.717) is 17.7 Å². The van der Waals surface area contributed by atoms with Crippen LogP contribution in [0.25, 0.3) is 0 Å². The highest BCUT2D eigenvalue weighted by Crippen LogP contribution is 2.27. The van der Waals surface area contributed by atoms with Crippen LogP contribution < -0.4 is 11.1 Å². The third kappa shape index (κ3) is 3.91. The molecule has 106 valence electrons. The fourth-order valence-electron chi connectivity index (χ4n) is 2.50. The predicted octanol–water partition coefficient (Wildman–Crippen LogP) is 3.01. The third-order valence-electron chi connectivity index (χ3n) is 3.71. The molecular weight excluding hydrogens is 267 g/mol. The Morgan fingerprint density at radius 2 is 2.21 bits per heavy atom. The maximum Gasteiger partial charge on any atom is 0.224 e. The molecule has 0 heterocycles. The van der Waals surface area contributed by atoms with E-state index in [-0.39, 0.29) is 36.1 Å². The predicted molar refractivity (Wildman–Crippen MR) is 76.9 cm³/mol. The molecule has 0 bridgehead atoms. The summed E-state index contributed by atoms with van der Waals surface area (Å²) in [6.07, 6.45) is 3.53. The van der Waals surface area contributed by atoms with E-state index >= 15 is 0 Å². The monoisotopic (exact) mass is 286 g/mol. The molecule has 0 aromatic heterocycles. The van der Waals surface area contributed by atoms with E-state index in [1.807, 2.05) is 0 Å². The van der Waals surface area contributed by atoms with E-state index in [1.165, 1.54) is 6.07 Å².